The van der Waals surface area contributed by atoms with E-state index in [2.05, 4.69) is 158 Å². The molecule has 0 saturated heterocycles. The smallest absolute Gasteiger partial charge is 0.295 e. The van der Waals surface area contributed by atoms with E-state index < -0.39 is 0 Å². The van der Waals surface area contributed by atoms with Gasteiger partial charge in [0.05, 0.1) is 22.4 Å². The Labute approximate surface area is 324 Å². The van der Waals surface area contributed by atoms with Gasteiger partial charge in [-0.25, -0.2) is 14.8 Å². The molecule has 0 spiro atoms. The van der Waals surface area contributed by atoms with Crippen LogP contribution in [0.4, 0.5) is 0 Å². The van der Waals surface area contributed by atoms with E-state index in [1.807, 2.05) is 38.4 Å². The van der Waals surface area contributed by atoms with Crippen molar-refractivity contribution in [3.05, 3.63) is 192 Å². The molecule has 10 rings (SSSR count). The molecule has 0 radical (unpaired) electrons. The molecule has 0 aliphatic rings. The van der Waals surface area contributed by atoms with Crippen LogP contribution in [-0.4, -0.2) is 19.1 Å². The molecule has 0 atom stereocenters. The van der Waals surface area contributed by atoms with Gasteiger partial charge in [-0.2, -0.15) is 0 Å². The molecule has 10 aromatic rings. The van der Waals surface area contributed by atoms with Crippen molar-refractivity contribution in [1.82, 2.24) is 19.1 Å². The first kappa shape index (κ1) is 33.2. The summed E-state index contributed by atoms with van der Waals surface area (Å²) in [5.74, 6) is 0.689. The predicted molar refractivity (Wildman–Crippen MR) is 231 cm³/mol. The number of hydrogen-bond donors (Lipinski definition) is 0. The van der Waals surface area contributed by atoms with Crippen molar-refractivity contribution in [2.24, 2.45) is 14.1 Å². The van der Waals surface area contributed by atoms with Gasteiger partial charge in [0, 0.05) is 30.8 Å². The maximum absolute atomic E-state index is 12.8. The van der Waals surface area contributed by atoms with Crippen molar-refractivity contribution in [2.75, 3.05) is 0 Å². The zero-order valence-corrected chi connectivity index (χ0v) is 31.0. The molecular weight excluding hydrogens is 685 g/mol. The lowest BCUT2D eigenvalue weighted by atomic mass is 9.85. The van der Waals surface area contributed by atoms with Crippen molar-refractivity contribution in [3.63, 3.8) is 0 Å². The Morgan fingerprint density at radius 2 is 0.821 bits per heavy atom. The van der Waals surface area contributed by atoms with Crippen molar-refractivity contribution >= 4 is 32.6 Å². The van der Waals surface area contributed by atoms with Crippen LogP contribution >= 0.6 is 0 Å². The SMILES string of the molecule is Cn1c(=O)n(C)c2cc(-c3c4ccccc4c(-c4ccc(-c5cc(-c6cccc(-c7ccccc7)c6)nc(-c6ccccc6)n5)cc4)c4ccccc34)ccc21. The highest BCUT2D eigenvalue weighted by atomic mass is 16.1. The van der Waals surface area contributed by atoms with Gasteiger partial charge in [-0.05, 0) is 79.2 Å². The predicted octanol–water partition coefficient (Wildman–Crippen LogP) is 12.0. The molecular formula is C51H36N4O. The molecule has 0 aliphatic carbocycles. The first-order valence-corrected chi connectivity index (χ1v) is 18.8. The minimum Gasteiger partial charge on any atom is -0.295 e. The minimum atomic E-state index is -0.0302. The van der Waals surface area contributed by atoms with Gasteiger partial charge in [-0.15, -0.1) is 0 Å². The third kappa shape index (κ3) is 5.60. The Kier molecular flexibility index (Phi) is 8.00. The molecule has 8 aromatic carbocycles. The number of benzene rings is 8. The average Bonchev–Trinajstić information content (AvgIpc) is 3.48. The minimum absolute atomic E-state index is 0.0302. The second-order valence-corrected chi connectivity index (χ2v) is 14.3. The monoisotopic (exact) mass is 720 g/mol. The van der Waals surface area contributed by atoms with Crippen LogP contribution in [0.25, 0.3) is 99.9 Å². The molecule has 2 heterocycles. The van der Waals surface area contributed by atoms with Gasteiger partial charge in [0.25, 0.3) is 0 Å². The topological polar surface area (TPSA) is 52.7 Å². The van der Waals surface area contributed by atoms with E-state index in [4.69, 9.17) is 9.97 Å². The molecule has 0 bridgehead atoms. The van der Waals surface area contributed by atoms with Crippen LogP contribution < -0.4 is 5.69 Å². The lowest BCUT2D eigenvalue weighted by Crippen LogP contribution is -2.19. The fourth-order valence-electron chi connectivity index (χ4n) is 8.17. The molecule has 5 nitrogen and oxygen atoms in total. The number of rotatable bonds is 6. The van der Waals surface area contributed by atoms with Crippen LogP contribution in [-0.2, 0) is 14.1 Å². The molecule has 0 unspecified atom stereocenters. The summed E-state index contributed by atoms with van der Waals surface area (Å²) in [6, 6.07) is 63.7. The van der Waals surface area contributed by atoms with Gasteiger partial charge < -0.3 is 0 Å². The van der Waals surface area contributed by atoms with E-state index in [0.29, 0.717) is 5.82 Å². The Morgan fingerprint density at radius 3 is 1.45 bits per heavy atom. The number of hydrogen-bond acceptors (Lipinski definition) is 3. The molecule has 56 heavy (non-hydrogen) atoms. The summed E-state index contributed by atoms with van der Waals surface area (Å²) >= 11 is 0. The second kappa shape index (κ2) is 13.5. The maximum atomic E-state index is 12.8. The largest absolute Gasteiger partial charge is 0.328 e. The van der Waals surface area contributed by atoms with Gasteiger partial charge in [0.15, 0.2) is 5.82 Å². The fourth-order valence-corrected chi connectivity index (χ4v) is 8.17. The van der Waals surface area contributed by atoms with Crippen LogP contribution in [0.3, 0.4) is 0 Å². The molecule has 266 valence electrons. The number of fused-ring (bicyclic) bond motifs is 3. The highest BCUT2D eigenvalue weighted by Crippen LogP contribution is 2.44. The molecule has 2 aromatic heterocycles. The first-order chi connectivity index (χ1) is 27.5. The molecule has 0 fully saturated rings. The molecule has 0 amide bonds. The Morgan fingerprint density at radius 1 is 0.357 bits per heavy atom. The second-order valence-electron chi connectivity index (χ2n) is 14.3. The Balaban J connectivity index is 1.11. The molecule has 0 N–H and O–H groups in total. The van der Waals surface area contributed by atoms with Gasteiger partial charge in [-0.3, -0.25) is 9.13 Å². The lowest BCUT2D eigenvalue weighted by Gasteiger charge is -2.18. The maximum Gasteiger partial charge on any atom is 0.328 e. The van der Waals surface area contributed by atoms with Crippen LogP contribution in [0.1, 0.15) is 0 Å². The van der Waals surface area contributed by atoms with E-state index in [9.17, 15) is 4.79 Å². The van der Waals surface area contributed by atoms with Crippen LogP contribution in [0.5, 0.6) is 0 Å². The average molecular weight is 721 g/mol. The van der Waals surface area contributed by atoms with E-state index in [0.717, 1.165) is 72.1 Å². The van der Waals surface area contributed by atoms with Crippen LogP contribution in [0.15, 0.2) is 187 Å². The lowest BCUT2D eigenvalue weighted by molar-refractivity contribution is 0.795. The summed E-state index contributed by atoms with van der Waals surface area (Å²) in [7, 11) is 3.66. The normalized spacial score (nSPS) is 11.5. The van der Waals surface area contributed by atoms with E-state index in [1.54, 1.807) is 9.13 Å². The highest BCUT2D eigenvalue weighted by Gasteiger charge is 2.19. The van der Waals surface area contributed by atoms with Gasteiger partial charge >= 0.3 is 5.69 Å². The zero-order chi connectivity index (χ0) is 37.8. The first-order valence-electron chi connectivity index (χ1n) is 18.8. The number of imidazole rings is 1. The van der Waals surface area contributed by atoms with Crippen molar-refractivity contribution in [1.29, 1.82) is 0 Å². The van der Waals surface area contributed by atoms with Crippen molar-refractivity contribution < 1.29 is 0 Å². The summed E-state index contributed by atoms with van der Waals surface area (Å²) in [6.07, 6.45) is 0. The van der Waals surface area contributed by atoms with Gasteiger partial charge in [-0.1, -0.05) is 158 Å². The summed E-state index contributed by atoms with van der Waals surface area (Å²) in [5.41, 5.74) is 13.4. The Hall–Kier alpha value is -7.37. The standard InChI is InChI=1S/C51H36N4O/c1-54-46-29-28-39(31-47(46)55(2)51(54)56)49-42-22-11-9-20-40(42)48(41-21-10-12-23-43(41)49)35-26-24-34(25-27-35)44-32-45(53-50(52-44)36-16-7-4-8-17-36)38-19-13-18-37(30-38)33-14-5-3-6-15-33/h3-32H,1-2H3. The summed E-state index contributed by atoms with van der Waals surface area (Å²) in [5, 5.41) is 4.67. The Bertz CT molecular complexity index is 3100. The molecule has 5 heteroatoms. The molecule has 0 aliphatic heterocycles. The number of aromatic nitrogens is 4. The van der Waals surface area contributed by atoms with Crippen LogP contribution in [0, 0.1) is 0 Å². The van der Waals surface area contributed by atoms with Crippen molar-refractivity contribution in [2.45, 2.75) is 0 Å². The van der Waals surface area contributed by atoms with E-state index in [1.165, 1.54) is 21.9 Å². The number of nitrogens with zero attached hydrogens (tertiary/aromatic N) is 4. The summed E-state index contributed by atoms with van der Waals surface area (Å²) in [4.78, 5) is 23.0. The third-order valence-electron chi connectivity index (χ3n) is 11.0. The van der Waals surface area contributed by atoms with Crippen molar-refractivity contribution in [3.8, 4) is 67.3 Å². The fraction of sp³-hybridized carbons (Fsp3) is 0.0392. The molecule has 0 saturated carbocycles. The van der Waals surface area contributed by atoms with Crippen LogP contribution in [0.2, 0.25) is 0 Å². The zero-order valence-electron chi connectivity index (χ0n) is 31.0. The van der Waals surface area contributed by atoms with Gasteiger partial charge in [0.2, 0.25) is 0 Å². The summed E-state index contributed by atoms with van der Waals surface area (Å²) in [6.45, 7) is 0. The highest BCUT2D eigenvalue weighted by molar-refractivity contribution is 6.21. The van der Waals surface area contributed by atoms with E-state index >= 15 is 0 Å². The number of aryl methyl sites for hydroxylation is 2. The quantitative estimate of drug-likeness (QED) is 0.161. The summed E-state index contributed by atoms with van der Waals surface area (Å²) < 4.78 is 3.43. The van der Waals surface area contributed by atoms with Gasteiger partial charge in [0.1, 0.15) is 0 Å². The van der Waals surface area contributed by atoms with E-state index in [-0.39, 0.29) is 5.69 Å². The third-order valence-corrected chi connectivity index (χ3v) is 11.0.